The van der Waals surface area contributed by atoms with E-state index in [1.807, 2.05) is 91.0 Å². The molecule has 0 heterocycles. The van der Waals surface area contributed by atoms with E-state index in [9.17, 15) is 15.8 Å². The van der Waals surface area contributed by atoms with Crippen LogP contribution in [0.1, 0.15) is 50.1 Å². The second-order valence-electron chi connectivity index (χ2n) is 17.2. The molecule has 0 fully saturated rings. The fraction of sp³-hybridized carbons (Fsp3) is 0. The van der Waals surface area contributed by atoms with Crippen molar-refractivity contribution in [3.05, 3.63) is 250 Å². The maximum absolute atomic E-state index is 11.6. The highest BCUT2D eigenvalue weighted by Gasteiger charge is 2.45. The van der Waals surface area contributed by atoms with Crippen LogP contribution in [-0.2, 0) is 0 Å². The van der Waals surface area contributed by atoms with Crippen molar-refractivity contribution in [2.75, 3.05) is 0 Å². The zero-order valence-electron chi connectivity index (χ0n) is 35.4. The van der Waals surface area contributed by atoms with E-state index in [-0.39, 0.29) is 0 Å². The fourth-order valence-electron chi connectivity index (χ4n) is 11.1. The van der Waals surface area contributed by atoms with Crippen LogP contribution in [0.25, 0.3) is 99.1 Å². The summed E-state index contributed by atoms with van der Waals surface area (Å²) in [4.78, 5) is 0. The summed E-state index contributed by atoms with van der Waals surface area (Å²) in [6, 6.07) is 77.0. The molecule has 0 aromatic heterocycles. The molecule has 0 spiro atoms. The summed E-state index contributed by atoms with van der Waals surface area (Å²) >= 11 is 0. The molecule has 0 unspecified atom stereocenters. The summed E-state index contributed by atoms with van der Waals surface area (Å²) in [6.07, 6.45) is 0. The Hall–Kier alpha value is -9.33. The topological polar surface area (TPSA) is 71.4 Å². The highest BCUT2D eigenvalue weighted by Crippen LogP contribution is 2.66. The minimum absolute atomic E-state index is 0.562. The van der Waals surface area contributed by atoms with E-state index in [1.165, 1.54) is 0 Å². The molecule has 0 saturated carbocycles. The van der Waals surface area contributed by atoms with Gasteiger partial charge in [-0.25, -0.2) is 0 Å². The quantitative estimate of drug-likeness (QED) is 0.167. The Morgan fingerprint density at radius 3 is 0.682 bits per heavy atom. The molecule has 10 aromatic carbocycles. The number of nitriles is 3. The van der Waals surface area contributed by atoms with Crippen LogP contribution in [0.5, 0.6) is 0 Å². The van der Waals surface area contributed by atoms with Crippen LogP contribution < -0.4 is 0 Å². The average molecular weight is 832 g/mol. The smallest absolute Gasteiger partial charge is 0.100 e. The van der Waals surface area contributed by atoms with E-state index in [2.05, 4.69) is 127 Å². The van der Waals surface area contributed by atoms with Crippen molar-refractivity contribution in [3.63, 3.8) is 0 Å². The van der Waals surface area contributed by atoms with Crippen LogP contribution in [0.4, 0.5) is 0 Å². The number of nitrogens with zero attached hydrogens (tertiary/aromatic N) is 3. The molecule has 0 N–H and O–H groups in total. The summed E-state index contributed by atoms with van der Waals surface area (Å²) in [5.41, 5.74) is 18.3. The summed E-state index contributed by atoms with van der Waals surface area (Å²) in [6.45, 7) is 0. The van der Waals surface area contributed by atoms with Crippen LogP contribution in [0.15, 0.2) is 200 Å². The molecule has 3 aliphatic carbocycles. The van der Waals surface area contributed by atoms with Gasteiger partial charge in [0, 0.05) is 33.4 Å². The van der Waals surface area contributed by atoms with Crippen LogP contribution in [-0.4, -0.2) is 0 Å². The first kappa shape index (κ1) is 37.2. The zero-order chi connectivity index (χ0) is 44.0. The summed E-state index contributed by atoms with van der Waals surface area (Å²) in [5.74, 6) is 0. The molecule has 0 saturated heterocycles. The normalized spacial score (nSPS) is 14.9. The third-order valence-electron chi connectivity index (χ3n) is 13.8. The van der Waals surface area contributed by atoms with Gasteiger partial charge in [-0.1, -0.05) is 164 Å². The number of hydrogen-bond donors (Lipinski definition) is 0. The third kappa shape index (κ3) is 5.22. The molecule has 0 amide bonds. The zero-order valence-corrected chi connectivity index (χ0v) is 35.4. The maximum atomic E-state index is 11.6. The molecule has 66 heavy (non-hydrogen) atoms. The van der Waals surface area contributed by atoms with Gasteiger partial charge in [0.2, 0.25) is 0 Å². The van der Waals surface area contributed by atoms with Gasteiger partial charge in [-0.2, -0.15) is 15.8 Å². The summed E-state index contributed by atoms with van der Waals surface area (Å²) in [7, 11) is 0. The Bertz CT molecular complexity index is 3590. The first-order chi connectivity index (χ1) is 32.6. The molecule has 0 radical (unpaired) electrons. The standard InChI is InChI=1S/C63H33N3/c64-34-52(37-16-4-1-5-17-37)55-46-28-40-22-10-13-25-43(40)31-49(46)58-61(55)59-50-32-44-26-14-11-23-41(44)29-47(50)56(53(35-65)38-18-6-2-7-19-38)63(59)60-51-33-45-27-15-12-24-42(45)30-48(51)57(62(58)60)54(36-66)39-20-8-3-9-21-39/h1-33H. The number of benzene rings is 10. The molecule has 3 aliphatic rings. The molecular weight excluding hydrogens is 799 g/mol. The van der Waals surface area contributed by atoms with Crippen LogP contribution in [0, 0.1) is 34.0 Å². The SMILES string of the molecule is N#CC(=C1c2cc3ccccc3cc2-c2c1c1c(c3c2C(=C(C#N)c2ccccc2)c2cc4ccccc4cc2-3)C(=C(C#N)c2ccccc2)c2cc3ccccc3cc2-1)c1ccccc1. The Balaban J connectivity index is 1.35. The predicted molar refractivity (Wildman–Crippen MR) is 269 cm³/mol. The van der Waals surface area contributed by atoms with Crippen molar-refractivity contribution in [1.29, 1.82) is 15.8 Å². The maximum Gasteiger partial charge on any atom is 0.100 e. The van der Waals surface area contributed by atoms with Crippen molar-refractivity contribution < 1.29 is 0 Å². The second-order valence-corrected chi connectivity index (χ2v) is 17.2. The van der Waals surface area contributed by atoms with Crippen LogP contribution in [0.3, 0.4) is 0 Å². The van der Waals surface area contributed by atoms with E-state index in [1.54, 1.807) is 0 Å². The van der Waals surface area contributed by atoms with Gasteiger partial charge in [0.1, 0.15) is 18.2 Å². The molecule has 3 heteroatoms. The fourth-order valence-corrected chi connectivity index (χ4v) is 11.1. The highest BCUT2D eigenvalue weighted by atomic mass is 14.5. The van der Waals surface area contributed by atoms with Gasteiger partial charge >= 0.3 is 0 Å². The van der Waals surface area contributed by atoms with Gasteiger partial charge in [-0.15, -0.1) is 0 Å². The first-order valence-corrected chi connectivity index (χ1v) is 22.1. The Morgan fingerprint density at radius 1 is 0.242 bits per heavy atom. The van der Waals surface area contributed by atoms with E-state index in [0.29, 0.717) is 16.7 Å². The van der Waals surface area contributed by atoms with Gasteiger partial charge in [0.05, 0.1) is 16.7 Å². The van der Waals surface area contributed by atoms with Gasteiger partial charge in [0.25, 0.3) is 0 Å². The summed E-state index contributed by atoms with van der Waals surface area (Å²) in [5, 5.41) is 41.2. The summed E-state index contributed by atoms with van der Waals surface area (Å²) < 4.78 is 0. The van der Waals surface area contributed by atoms with Gasteiger partial charge < -0.3 is 0 Å². The largest absolute Gasteiger partial charge is 0.192 e. The third-order valence-corrected chi connectivity index (χ3v) is 13.8. The lowest BCUT2D eigenvalue weighted by molar-refractivity contribution is 1.51. The van der Waals surface area contributed by atoms with Crippen molar-refractivity contribution >= 4 is 65.8 Å². The Kier molecular flexibility index (Phi) is 8.10. The molecule has 10 aromatic rings. The van der Waals surface area contributed by atoms with Crippen LogP contribution >= 0.6 is 0 Å². The molecule has 0 bridgehead atoms. The molecule has 300 valence electrons. The molecule has 13 rings (SSSR count). The van der Waals surface area contributed by atoms with E-state index >= 15 is 0 Å². The molecular formula is C63H33N3. The number of fused-ring (bicyclic) bond motifs is 15. The molecule has 0 aliphatic heterocycles. The van der Waals surface area contributed by atoms with Crippen molar-refractivity contribution in [1.82, 2.24) is 0 Å². The lowest BCUT2D eigenvalue weighted by atomic mass is 9.81. The van der Waals surface area contributed by atoms with Crippen molar-refractivity contribution in [2.45, 2.75) is 0 Å². The predicted octanol–water partition coefficient (Wildman–Crippen LogP) is 15.5. The van der Waals surface area contributed by atoms with Gasteiger partial charge in [-0.05, 0) is 135 Å². The Labute approximate surface area is 381 Å². The van der Waals surface area contributed by atoms with Crippen molar-refractivity contribution in [3.8, 4) is 51.6 Å². The second kappa shape index (κ2) is 14.4. The Morgan fingerprint density at radius 2 is 0.455 bits per heavy atom. The number of hydrogen-bond acceptors (Lipinski definition) is 3. The van der Waals surface area contributed by atoms with Gasteiger partial charge in [0.15, 0.2) is 0 Å². The number of rotatable bonds is 3. The minimum Gasteiger partial charge on any atom is -0.192 e. The van der Waals surface area contributed by atoms with Crippen molar-refractivity contribution in [2.24, 2.45) is 0 Å². The minimum atomic E-state index is 0.562. The highest BCUT2D eigenvalue weighted by molar-refractivity contribution is 6.31. The monoisotopic (exact) mass is 831 g/mol. The number of allylic oxidation sites excluding steroid dienone is 3. The van der Waals surface area contributed by atoms with E-state index in [4.69, 9.17) is 0 Å². The molecule has 0 atom stereocenters. The first-order valence-electron chi connectivity index (χ1n) is 22.1. The molecule has 3 nitrogen and oxygen atoms in total. The van der Waals surface area contributed by atoms with Gasteiger partial charge in [-0.3, -0.25) is 0 Å². The van der Waals surface area contributed by atoms with Crippen LogP contribution in [0.2, 0.25) is 0 Å². The average Bonchev–Trinajstić information content (AvgIpc) is 3.98. The van der Waals surface area contributed by atoms with E-state index < -0.39 is 0 Å². The van der Waals surface area contributed by atoms with E-state index in [0.717, 1.165) is 132 Å². The lowest BCUT2D eigenvalue weighted by Crippen LogP contribution is -2.00. The lowest BCUT2D eigenvalue weighted by Gasteiger charge is -2.20.